The molecular formula is C31H62FNO4. The predicted octanol–water partition coefficient (Wildman–Crippen LogP) is 7.09. The second kappa shape index (κ2) is 21.6. The van der Waals surface area contributed by atoms with Crippen LogP contribution in [0.25, 0.3) is 0 Å². The number of benzene rings is 1. The molecular weight excluding hydrogens is 469 g/mol. The molecule has 5 nitrogen and oxygen atoms in total. The lowest BCUT2D eigenvalue weighted by atomic mass is 9.79. The molecule has 0 saturated carbocycles. The zero-order valence-electron chi connectivity index (χ0n) is 26.3. The van der Waals surface area contributed by atoms with Gasteiger partial charge in [-0.3, -0.25) is 0 Å². The van der Waals surface area contributed by atoms with Gasteiger partial charge in [-0.25, -0.2) is 4.39 Å². The number of hydrogen-bond donors (Lipinski definition) is 5. The Kier molecular flexibility index (Phi) is 25.0. The van der Waals surface area contributed by atoms with Crippen LogP contribution in [0.1, 0.15) is 119 Å². The van der Waals surface area contributed by atoms with Gasteiger partial charge in [-0.15, -0.1) is 6.58 Å². The van der Waals surface area contributed by atoms with E-state index in [0.29, 0.717) is 11.5 Å². The van der Waals surface area contributed by atoms with Gasteiger partial charge in [0.25, 0.3) is 0 Å². The van der Waals surface area contributed by atoms with Crippen LogP contribution in [0.2, 0.25) is 0 Å². The molecule has 0 heterocycles. The van der Waals surface area contributed by atoms with Crippen molar-refractivity contribution in [2.24, 2.45) is 17.6 Å². The van der Waals surface area contributed by atoms with E-state index in [-0.39, 0.29) is 12.2 Å². The molecule has 1 rings (SSSR count). The van der Waals surface area contributed by atoms with Gasteiger partial charge in [0.1, 0.15) is 11.4 Å². The van der Waals surface area contributed by atoms with Crippen LogP contribution in [-0.4, -0.2) is 44.3 Å². The van der Waals surface area contributed by atoms with Crippen LogP contribution in [-0.2, 0) is 0 Å². The van der Waals surface area contributed by atoms with Crippen molar-refractivity contribution < 1.29 is 24.8 Å². The fraction of sp³-hybridized carbons (Fsp3) is 0.742. The molecule has 4 unspecified atom stereocenters. The van der Waals surface area contributed by atoms with Crippen molar-refractivity contribution in [3.05, 3.63) is 47.8 Å². The maximum atomic E-state index is 13.3. The lowest BCUT2D eigenvalue weighted by molar-refractivity contribution is -0.107. The predicted molar refractivity (Wildman–Crippen MR) is 159 cm³/mol. The third-order valence-corrected chi connectivity index (χ3v) is 6.08. The van der Waals surface area contributed by atoms with Crippen molar-refractivity contribution in [2.75, 3.05) is 7.11 Å². The first-order chi connectivity index (χ1) is 16.9. The molecule has 0 spiro atoms. The minimum Gasteiger partial charge on any atom is -0.400 e. The molecule has 1 aromatic rings. The van der Waals surface area contributed by atoms with E-state index in [1.165, 1.54) is 44.9 Å². The average Bonchev–Trinajstić information content (AvgIpc) is 2.80. The monoisotopic (exact) mass is 531 g/mol. The van der Waals surface area contributed by atoms with Crippen molar-refractivity contribution in [3.8, 4) is 0 Å². The number of nitrogens with two attached hydrogens (primary N) is 1. The van der Waals surface area contributed by atoms with Crippen molar-refractivity contribution >= 4 is 0 Å². The highest BCUT2D eigenvalue weighted by Gasteiger charge is 2.40. The average molecular weight is 532 g/mol. The summed E-state index contributed by atoms with van der Waals surface area (Å²) in [6.07, 6.45) is 4.92. The van der Waals surface area contributed by atoms with Crippen LogP contribution in [0.4, 0.5) is 4.39 Å². The minimum atomic E-state index is -1.54. The highest BCUT2D eigenvalue weighted by Crippen LogP contribution is 2.32. The summed E-state index contributed by atoms with van der Waals surface area (Å²) < 4.78 is 13.3. The van der Waals surface area contributed by atoms with Crippen molar-refractivity contribution in [1.82, 2.24) is 0 Å². The van der Waals surface area contributed by atoms with Gasteiger partial charge in [-0.05, 0) is 76.1 Å². The molecule has 0 saturated heterocycles. The van der Waals surface area contributed by atoms with E-state index < -0.39 is 22.8 Å². The molecule has 0 amide bonds. The van der Waals surface area contributed by atoms with E-state index in [9.17, 15) is 19.7 Å². The van der Waals surface area contributed by atoms with Crippen LogP contribution in [0.15, 0.2) is 30.9 Å². The second-order valence-electron chi connectivity index (χ2n) is 10.6. The Morgan fingerprint density at radius 2 is 1.41 bits per heavy atom. The summed E-state index contributed by atoms with van der Waals surface area (Å²) in [4.78, 5) is 0. The zero-order chi connectivity index (χ0) is 30.6. The Morgan fingerprint density at radius 3 is 1.70 bits per heavy atom. The van der Waals surface area contributed by atoms with E-state index >= 15 is 0 Å². The van der Waals surface area contributed by atoms with Crippen molar-refractivity contribution in [2.45, 2.75) is 132 Å². The van der Waals surface area contributed by atoms with Crippen LogP contribution in [0, 0.1) is 24.6 Å². The molecule has 4 atom stereocenters. The van der Waals surface area contributed by atoms with E-state index in [2.05, 4.69) is 41.2 Å². The molecule has 0 bridgehead atoms. The summed E-state index contributed by atoms with van der Waals surface area (Å²) in [5, 5.41) is 37.0. The Hall–Kier alpha value is -1.31. The molecule has 0 radical (unpaired) electrons. The minimum absolute atomic E-state index is 0.0584. The van der Waals surface area contributed by atoms with E-state index in [4.69, 9.17) is 10.8 Å². The lowest BCUT2D eigenvalue weighted by Gasteiger charge is -2.38. The first-order valence-corrected chi connectivity index (χ1v) is 13.7. The highest BCUT2D eigenvalue weighted by atomic mass is 19.1. The number of aryl methyl sites for hydroxylation is 1. The van der Waals surface area contributed by atoms with E-state index in [0.717, 1.165) is 25.0 Å². The molecule has 6 N–H and O–H groups in total. The summed E-state index contributed by atoms with van der Waals surface area (Å²) in [7, 11) is 1.00. The molecule has 0 aliphatic rings. The van der Waals surface area contributed by atoms with E-state index in [1.807, 2.05) is 27.7 Å². The van der Waals surface area contributed by atoms with Crippen LogP contribution < -0.4 is 5.73 Å². The van der Waals surface area contributed by atoms with E-state index in [1.54, 1.807) is 13.0 Å². The summed E-state index contributed by atoms with van der Waals surface area (Å²) in [5.74, 6) is 0.768. The first kappa shape index (κ1) is 42.8. The molecule has 0 aliphatic carbocycles. The van der Waals surface area contributed by atoms with Crippen molar-refractivity contribution in [1.29, 1.82) is 0 Å². The SMILES string of the molecule is C=CC(O)(CC(N)c1cc(C)cc(F)c1)C(C)(C)O.CC.CCC.CCC(C)CC(C)C(C)(C)O.CO. The van der Waals surface area contributed by atoms with Crippen LogP contribution in [0.5, 0.6) is 0 Å². The topological polar surface area (TPSA) is 107 Å². The molecule has 222 valence electrons. The van der Waals surface area contributed by atoms with Gasteiger partial charge in [-0.1, -0.05) is 73.5 Å². The lowest BCUT2D eigenvalue weighted by Crippen LogP contribution is -2.50. The Balaban J connectivity index is -0.000000257. The maximum Gasteiger partial charge on any atom is 0.123 e. The smallest absolute Gasteiger partial charge is 0.123 e. The number of rotatable bonds is 9. The van der Waals surface area contributed by atoms with Gasteiger partial charge in [0.2, 0.25) is 0 Å². The third-order valence-electron chi connectivity index (χ3n) is 6.08. The number of aliphatic hydroxyl groups excluding tert-OH is 1. The van der Waals surface area contributed by atoms with Gasteiger partial charge in [-0.2, -0.15) is 0 Å². The normalized spacial score (nSPS) is 14.8. The molecule has 0 fully saturated rings. The summed E-state index contributed by atoms with van der Waals surface area (Å²) in [6.45, 7) is 26.9. The Morgan fingerprint density at radius 1 is 0.973 bits per heavy atom. The van der Waals surface area contributed by atoms with Gasteiger partial charge >= 0.3 is 0 Å². The Labute approximate surface area is 229 Å². The number of hydrogen-bond acceptors (Lipinski definition) is 5. The number of aliphatic hydroxyl groups is 4. The second-order valence-corrected chi connectivity index (χ2v) is 10.6. The van der Waals surface area contributed by atoms with Crippen LogP contribution >= 0.6 is 0 Å². The number of halogens is 1. The molecule has 0 aromatic heterocycles. The summed E-state index contributed by atoms with van der Waals surface area (Å²) >= 11 is 0. The highest BCUT2D eigenvalue weighted by molar-refractivity contribution is 5.27. The fourth-order valence-corrected chi connectivity index (χ4v) is 3.07. The van der Waals surface area contributed by atoms with Crippen molar-refractivity contribution in [3.63, 3.8) is 0 Å². The van der Waals surface area contributed by atoms with Crippen LogP contribution in [0.3, 0.4) is 0 Å². The van der Waals surface area contributed by atoms with Gasteiger partial charge in [0.05, 0.1) is 11.2 Å². The fourth-order valence-electron chi connectivity index (χ4n) is 3.07. The molecule has 37 heavy (non-hydrogen) atoms. The quantitative estimate of drug-likeness (QED) is 0.219. The standard InChI is InChI=1S/C15H22FNO2.C10H22O.C3H8.C2H6.CH4O/c1-5-15(19,14(3,4)18)9-13(17)11-6-10(2)7-12(16)8-11;1-6-8(2)7-9(3)10(4,5)11;1-3-2;2*1-2/h5-8,13,18-19H,1,9,17H2,2-4H3;8-9,11H,6-7H2,1-5H3;3H2,1-2H3;1-2H3;2H,1H3. The summed E-state index contributed by atoms with van der Waals surface area (Å²) in [5.41, 5.74) is 3.93. The van der Waals surface area contributed by atoms with Gasteiger partial charge < -0.3 is 26.2 Å². The maximum absolute atomic E-state index is 13.3. The molecule has 1 aromatic carbocycles. The van der Waals surface area contributed by atoms with Gasteiger partial charge in [0, 0.05) is 19.6 Å². The first-order valence-electron chi connectivity index (χ1n) is 13.7. The Bertz CT molecular complexity index is 663. The van der Waals surface area contributed by atoms with Gasteiger partial charge in [0.15, 0.2) is 0 Å². The summed E-state index contributed by atoms with van der Waals surface area (Å²) in [6, 6.07) is 3.92. The third kappa shape index (κ3) is 19.4. The molecule has 6 heteroatoms. The largest absolute Gasteiger partial charge is 0.400 e. The zero-order valence-corrected chi connectivity index (χ0v) is 26.3. The molecule has 0 aliphatic heterocycles.